The average molecular weight is 339 g/mol. The van der Waals surface area contributed by atoms with Crippen LogP contribution in [-0.4, -0.2) is 50.9 Å². The summed E-state index contributed by atoms with van der Waals surface area (Å²) in [7, 11) is 1.69. The zero-order valence-electron chi connectivity index (χ0n) is 14.4. The highest BCUT2D eigenvalue weighted by Crippen LogP contribution is 2.23. The van der Waals surface area contributed by atoms with Gasteiger partial charge in [-0.3, -0.25) is 14.2 Å². The van der Waals surface area contributed by atoms with Crippen LogP contribution >= 0.6 is 11.8 Å². The molecule has 1 aromatic heterocycles. The van der Waals surface area contributed by atoms with E-state index in [0.717, 1.165) is 5.69 Å². The Morgan fingerprint density at radius 3 is 2.61 bits per heavy atom. The van der Waals surface area contributed by atoms with Crippen molar-refractivity contribution in [3.8, 4) is 0 Å². The molecule has 0 aliphatic carbocycles. The van der Waals surface area contributed by atoms with Crippen molar-refractivity contribution >= 4 is 17.7 Å². The second-order valence-corrected chi connectivity index (χ2v) is 7.35. The predicted molar refractivity (Wildman–Crippen MR) is 90.8 cm³/mol. The van der Waals surface area contributed by atoms with E-state index in [-0.39, 0.29) is 28.9 Å². The molecule has 2 rings (SSSR count). The number of aryl methyl sites for hydroxylation is 1. The van der Waals surface area contributed by atoms with E-state index in [0.29, 0.717) is 24.7 Å². The summed E-state index contributed by atoms with van der Waals surface area (Å²) >= 11 is 1.34. The Bertz CT molecular complexity index is 621. The molecular formula is C16H25N3O3S. The van der Waals surface area contributed by atoms with Gasteiger partial charge >= 0.3 is 0 Å². The summed E-state index contributed by atoms with van der Waals surface area (Å²) in [5.74, 6) is 0.0631. The van der Waals surface area contributed by atoms with Gasteiger partial charge in [0, 0.05) is 31.9 Å². The monoisotopic (exact) mass is 339 g/mol. The molecule has 1 fully saturated rings. The summed E-state index contributed by atoms with van der Waals surface area (Å²) in [6.45, 7) is 8.99. The number of hydrogen-bond donors (Lipinski definition) is 0. The summed E-state index contributed by atoms with van der Waals surface area (Å²) in [5, 5.41) is 0.294. The van der Waals surface area contributed by atoms with E-state index in [9.17, 15) is 9.59 Å². The molecule has 1 saturated heterocycles. The fraction of sp³-hybridized carbons (Fsp3) is 0.688. The number of aromatic nitrogens is 2. The first-order chi connectivity index (χ1) is 10.8. The molecule has 2 heterocycles. The first-order valence-corrected chi connectivity index (χ1v) is 8.87. The van der Waals surface area contributed by atoms with Gasteiger partial charge in [0.15, 0.2) is 5.16 Å². The maximum absolute atomic E-state index is 12.7. The van der Waals surface area contributed by atoms with Gasteiger partial charge in [-0.1, -0.05) is 18.7 Å². The van der Waals surface area contributed by atoms with Crippen LogP contribution in [0.3, 0.4) is 0 Å². The maximum Gasteiger partial charge on any atom is 0.254 e. The Balaban J connectivity index is 2.12. The second kappa shape index (κ2) is 7.49. The van der Waals surface area contributed by atoms with E-state index in [4.69, 9.17) is 4.74 Å². The summed E-state index contributed by atoms with van der Waals surface area (Å²) < 4.78 is 7.17. The quantitative estimate of drug-likeness (QED) is 0.614. The van der Waals surface area contributed by atoms with E-state index < -0.39 is 0 Å². The smallest absolute Gasteiger partial charge is 0.254 e. The minimum Gasteiger partial charge on any atom is -0.372 e. The van der Waals surface area contributed by atoms with Crippen LogP contribution < -0.4 is 5.56 Å². The number of carbonyl (C=O) groups is 1. The molecule has 1 aliphatic heterocycles. The van der Waals surface area contributed by atoms with Gasteiger partial charge in [0.05, 0.1) is 17.5 Å². The first kappa shape index (κ1) is 18.0. The number of hydrogen-bond acceptors (Lipinski definition) is 5. The molecule has 3 unspecified atom stereocenters. The van der Waals surface area contributed by atoms with E-state index in [2.05, 4.69) is 4.98 Å². The Labute approximate surface area is 141 Å². The second-order valence-electron chi connectivity index (χ2n) is 6.04. The van der Waals surface area contributed by atoms with E-state index in [1.54, 1.807) is 13.1 Å². The van der Waals surface area contributed by atoms with E-state index >= 15 is 0 Å². The molecule has 0 bridgehead atoms. The van der Waals surface area contributed by atoms with Gasteiger partial charge in [-0.25, -0.2) is 4.98 Å². The standard InChI is InChI=1S/C16H25N3O3S/c1-6-13-7-14(20)18(5)16(17-13)23-12(4)15(21)19-8-10(2)22-11(3)9-19/h7,10-12H,6,8-9H2,1-5H3. The van der Waals surface area contributed by atoms with Crippen molar-refractivity contribution in [3.63, 3.8) is 0 Å². The van der Waals surface area contributed by atoms with Crippen molar-refractivity contribution in [1.82, 2.24) is 14.5 Å². The Morgan fingerprint density at radius 1 is 1.43 bits per heavy atom. The molecule has 1 aromatic rings. The first-order valence-electron chi connectivity index (χ1n) is 7.99. The van der Waals surface area contributed by atoms with Crippen LogP contribution in [0.1, 0.15) is 33.4 Å². The molecular weight excluding hydrogens is 314 g/mol. The minimum atomic E-state index is -0.294. The number of amides is 1. The molecule has 1 amide bonds. The normalized spacial score (nSPS) is 22.9. The summed E-state index contributed by atoms with van der Waals surface area (Å²) in [6.07, 6.45) is 0.793. The minimum absolute atomic E-state index is 0.0470. The number of rotatable bonds is 4. The summed E-state index contributed by atoms with van der Waals surface area (Å²) in [4.78, 5) is 31.0. The number of thioether (sulfide) groups is 1. The molecule has 0 saturated carbocycles. The number of nitrogens with zero attached hydrogens (tertiary/aromatic N) is 3. The SMILES string of the molecule is CCc1cc(=O)n(C)c(SC(C)C(=O)N2CC(C)OC(C)C2)n1. The number of ether oxygens (including phenoxy) is 1. The highest BCUT2D eigenvalue weighted by Gasteiger charge is 2.29. The molecule has 0 aromatic carbocycles. The van der Waals surface area contributed by atoms with Crippen LogP contribution in [0.15, 0.2) is 16.0 Å². The van der Waals surface area contributed by atoms with E-state index in [1.807, 2.05) is 32.6 Å². The van der Waals surface area contributed by atoms with E-state index in [1.165, 1.54) is 16.3 Å². The lowest BCUT2D eigenvalue weighted by atomic mass is 10.2. The molecule has 0 N–H and O–H groups in total. The van der Waals surface area contributed by atoms with Crippen molar-refractivity contribution < 1.29 is 9.53 Å². The van der Waals surface area contributed by atoms with Crippen LogP contribution in [0, 0.1) is 0 Å². The molecule has 1 aliphatic rings. The predicted octanol–water partition coefficient (Wildman–Crippen LogP) is 1.46. The largest absolute Gasteiger partial charge is 0.372 e. The van der Waals surface area contributed by atoms with Crippen LogP contribution in [0.4, 0.5) is 0 Å². The van der Waals surface area contributed by atoms with Crippen LogP contribution in [0.25, 0.3) is 0 Å². The fourth-order valence-corrected chi connectivity index (χ4v) is 3.66. The Kier molecular flexibility index (Phi) is 5.86. The molecule has 128 valence electrons. The Hall–Kier alpha value is -1.34. The highest BCUT2D eigenvalue weighted by molar-refractivity contribution is 8.00. The third-order valence-corrected chi connectivity index (χ3v) is 5.00. The lowest BCUT2D eigenvalue weighted by Gasteiger charge is -2.36. The summed E-state index contributed by atoms with van der Waals surface area (Å²) in [5.41, 5.74) is 0.663. The van der Waals surface area contributed by atoms with Crippen molar-refractivity contribution in [3.05, 3.63) is 22.1 Å². The van der Waals surface area contributed by atoms with Crippen molar-refractivity contribution in [2.45, 2.75) is 56.7 Å². The molecule has 0 spiro atoms. The third kappa shape index (κ3) is 4.35. The fourth-order valence-electron chi connectivity index (χ4n) is 2.67. The van der Waals surface area contributed by atoms with Crippen molar-refractivity contribution in [2.75, 3.05) is 13.1 Å². The molecule has 6 nitrogen and oxygen atoms in total. The van der Waals surface area contributed by atoms with Crippen LogP contribution in [0.2, 0.25) is 0 Å². The lowest BCUT2D eigenvalue weighted by Crippen LogP contribution is -2.50. The van der Waals surface area contributed by atoms with Gasteiger partial charge in [0.25, 0.3) is 5.56 Å². The van der Waals surface area contributed by atoms with Gasteiger partial charge in [0.1, 0.15) is 0 Å². The van der Waals surface area contributed by atoms with Crippen LogP contribution in [-0.2, 0) is 23.0 Å². The molecule has 23 heavy (non-hydrogen) atoms. The zero-order valence-corrected chi connectivity index (χ0v) is 15.2. The number of carbonyl (C=O) groups excluding carboxylic acids is 1. The van der Waals surface area contributed by atoms with Gasteiger partial charge in [0.2, 0.25) is 5.91 Å². The highest BCUT2D eigenvalue weighted by atomic mass is 32.2. The maximum atomic E-state index is 12.7. The zero-order chi connectivity index (χ0) is 17.1. The molecule has 0 radical (unpaired) electrons. The van der Waals surface area contributed by atoms with Crippen LogP contribution in [0.5, 0.6) is 0 Å². The average Bonchev–Trinajstić information content (AvgIpc) is 2.49. The lowest BCUT2D eigenvalue weighted by molar-refractivity contribution is -0.142. The summed E-state index contributed by atoms with van der Waals surface area (Å²) in [6, 6.07) is 1.54. The van der Waals surface area contributed by atoms with Gasteiger partial charge < -0.3 is 9.64 Å². The topological polar surface area (TPSA) is 64.4 Å². The van der Waals surface area contributed by atoms with Gasteiger partial charge in [-0.2, -0.15) is 0 Å². The number of morpholine rings is 1. The van der Waals surface area contributed by atoms with Gasteiger partial charge in [-0.15, -0.1) is 0 Å². The third-order valence-electron chi connectivity index (χ3n) is 3.87. The van der Waals surface area contributed by atoms with Crippen molar-refractivity contribution in [2.24, 2.45) is 7.05 Å². The van der Waals surface area contributed by atoms with Crippen molar-refractivity contribution in [1.29, 1.82) is 0 Å². The molecule has 7 heteroatoms. The van der Waals surface area contributed by atoms with Gasteiger partial charge in [-0.05, 0) is 27.2 Å². The Morgan fingerprint density at radius 2 is 2.04 bits per heavy atom. The molecule has 3 atom stereocenters.